The van der Waals surface area contributed by atoms with Crippen LogP contribution in [0.25, 0.3) is 0 Å². The summed E-state index contributed by atoms with van der Waals surface area (Å²) in [5.74, 6) is -0.442. The molecule has 0 fully saturated rings. The third-order valence-corrected chi connectivity index (χ3v) is 5.18. The molecule has 0 unspecified atom stereocenters. The normalized spacial score (nSPS) is 12.4. The van der Waals surface area contributed by atoms with Crippen LogP contribution in [-0.2, 0) is 16.6 Å². The Balaban J connectivity index is 2.26. The van der Waals surface area contributed by atoms with E-state index in [1.165, 1.54) is 49.5 Å². The van der Waals surface area contributed by atoms with Crippen LogP contribution in [-0.4, -0.2) is 26.1 Å². The molecular weight excluding hydrogens is 367 g/mol. The monoisotopic (exact) mass is 379 g/mol. The standard InChI is InChI=1S/C15H13ClF3NO3S/c1-20(24(21,22)13-8-6-12(16)7-9-13)10-11-4-2-3-5-14(11)23-15(17,18)19/h2-9H,10H2,1H3. The van der Waals surface area contributed by atoms with Gasteiger partial charge in [0, 0.05) is 24.2 Å². The highest BCUT2D eigenvalue weighted by molar-refractivity contribution is 7.89. The maximum atomic E-state index is 12.5. The number of para-hydroxylation sites is 1. The van der Waals surface area contributed by atoms with E-state index in [0.29, 0.717) is 5.02 Å². The van der Waals surface area contributed by atoms with E-state index in [1.807, 2.05) is 0 Å². The van der Waals surface area contributed by atoms with Crippen LogP contribution in [0.5, 0.6) is 5.75 Å². The zero-order valence-corrected chi connectivity index (χ0v) is 14.0. The number of ether oxygens (including phenoxy) is 1. The number of benzene rings is 2. The second kappa shape index (κ2) is 7.00. The van der Waals surface area contributed by atoms with Gasteiger partial charge in [0.1, 0.15) is 5.75 Å². The van der Waals surface area contributed by atoms with Crippen molar-refractivity contribution in [3.63, 3.8) is 0 Å². The molecule has 0 aliphatic heterocycles. The molecule has 2 aromatic rings. The van der Waals surface area contributed by atoms with Crippen molar-refractivity contribution in [1.29, 1.82) is 0 Å². The summed E-state index contributed by atoms with van der Waals surface area (Å²) in [4.78, 5) is -0.0105. The van der Waals surface area contributed by atoms with Gasteiger partial charge in [-0.3, -0.25) is 0 Å². The van der Waals surface area contributed by atoms with E-state index in [9.17, 15) is 21.6 Å². The van der Waals surface area contributed by atoms with Crippen LogP contribution in [0.4, 0.5) is 13.2 Å². The van der Waals surface area contributed by atoms with Crippen LogP contribution >= 0.6 is 11.6 Å². The summed E-state index contributed by atoms with van der Waals surface area (Å²) in [6, 6.07) is 10.9. The minimum absolute atomic E-state index is 0.0105. The Hall–Kier alpha value is -1.77. The Morgan fingerprint density at radius 3 is 2.25 bits per heavy atom. The molecule has 2 rings (SSSR count). The van der Waals surface area contributed by atoms with Gasteiger partial charge >= 0.3 is 6.36 Å². The first-order chi connectivity index (χ1) is 11.1. The van der Waals surface area contributed by atoms with E-state index in [4.69, 9.17) is 11.6 Å². The average molecular weight is 380 g/mol. The molecule has 0 aliphatic rings. The van der Waals surface area contributed by atoms with Crippen LogP contribution in [0.2, 0.25) is 5.02 Å². The van der Waals surface area contributed by atoms with Crippen molar-refractivity contribution in [2.75, 3.05) is 7.05 Å². The molecule has 0 bridgehead atoms. The molecule has 2 aromatic carbocycles. The van der Waals surface area contributed by atoms with E-state index >= 15 is 0 Å². The van der Waals surface area contributed by atoms with Gasteiger partial charge in [0.2, 0.25) is 10.0 Å². The number of halogens is 4. The largest absolute Gasteiger partial charge is 0.573 e. The first-order valence-corrected chi connectivity index (χ1v) is 8.47. The summed E-state index contributed by atoms with van der Waals surface area (Å²) >= 11 is 5.72. The first kappa shape index (κ1) is 18.6. The highest BCUT2D eigenvalue weighted by Gasteiger charge is 2.32. The van der Waals surface area contributed by atoms with Crippen molar-refractivity contribution >= 4 is 21.6 Å². The molecule has 0 aliphatic carbocycles. The molecule has 0 atom stereocenters. The fourth-order valence-electron chi connectivity index (χ4n) is 1.97. The Labute approximate surface area is 142 Å². The maximum Gasteiger partial charge on any atom is 0.573 e. The van der Waals surface area contributed by atoms with Gasteiger partial charge in [0.15, 0.2) is 0 Å². The van der Waals surface area contributed by atoms with Crippen molar-refractivity contribution in [3.8, 4) is 5.75 Å². The highest BCUT2D eigenvalue weighted by Crippen LogP contribution is 2.28. The number of nitrogens with zero attached hydrogens (tertiary/aromatic N) is 1. The smallest absolute Gasteiger partial charge is 0.405 e. The molecule has 0 amide bonds. The fraction of sp³-hybridized carbons (Fsp3) is 0.200. The summed E-state index contributed by atoms with van der Waals surface area (Å²) in [5, 5.41) is 0.375. The topological polar surface area (TPSA) is 46.6 Å². The van der Waals surface area contributed by atoms with Crippen molar-refractivity contribution in [2.24, 2.45) is 0 Å². The molecule has 0 aromatic heterocycles. The lowest BCUT2D eigenvalue weighted by atomic mass is 10.2. The third-order valence-electron chi connectivity index (χ3n) is 3.11. The SMILES string of the molecule is CN(Cc1ccccc1OC(F)(F)F)S(=O)(=O)c1ccc(Cl)cc1. The van der Waals surface area contributed by atoms with Crippen molar-refractivity contribution in [1.82, 2.24) is 4.31 Å². The molecule has 0 spiro atoms. The zero-order valence-electron chi connectivity index (χ0n) is 12.4. The van der Waals surface area contributed by atoms with Gasteiger partial charge in [0.05, 0.1) is 4.90 Å². The number of sulfonamides is 1. The molecule has 0 radical (unpaired) electrons. The van der Waals surface area contributed by atoms with E-state index < -0.39 is 22.1 Å². The number of hydrogen-bond acceptors (Lipinski definition) is 3. The first-order valence-electron chi connectivity index (χ1n) is 6.65. The van der Waals surface area contributed by atoms with Gasteiger partial charge in [-0.2, -0.15) is 4.31 Å². The third kappa shape index (κ3) is 4.62. The van der Waals surface area contributed by atoms with Crippen LogP contribution in [0.1, 0.15) is 5.56 Å². The summed E-state index contributed by atoms with van der Waals surface area (Å²) in [6.45, 7) is -0.281. The summed E-state index contributed by atoms with van der Waals surface area (Å²) in [6.07, 6.45) is -4.86. The summed E-state index contributed by atoms with van der Waals surface area (Å²) in [7, 11) is -2.60. The zero-order chi connectivity index (χ0) is 18.0. The Morgan fingerprint density at radius 2 is 1.67 bits per heavy atom. The van der Waals surface area contributed by atoms with Crippen LogP contribution in [0.15, 0.2) is 53.4 Å². The maximum absolute atomic E-state index is 12.5. The van der Waals surface area contributed by atoms with E-state index in [0.717, 1.165) is 10.4 Å². The molecule has 9 heteroatoms. The summed E-state index contributed by atoms with van der Waals surface area (Å²) in [5.41, 5.74) is 0.0925. The van der Waals surface area contributed by atoms with Crippen molar-refractivity contribution in [2.45, 2.75) is 17.8 Å². The minimum Gasteiger partial charge on any atom is -0.405 e. The predicted molar refractivity (Wildman–Crippen MR) is 83.2 cm³/mol. The molecule has 130 valence electrons. The Kier molecular flexibility index (Phi) is 5.42. The van der Waals surface area contributed by atoms with Gasteiger partial charge in [-0.1, -0.05) is 29.8 Å². The quantitative estimate of drug-likeness (QED) is 0.787. The molecule has 0 saturated heterocycles. The number of hydrogen-bond donors (Lipinski definition) is 0. The van der Waals surface area contributed by atoms with Crippen LogP contribution < -0.4 is 4.74 Å². The lowest BCUT2D eigenvalue weighted by Crippen LogP contribution is -2.27. The van der Waals surface area contributed by atoms with Gasteiger partial charge in [-0.15, -0.1) is 13.2 Å². The lowest BCUT2D eigenvalue weighted by molar-refractivity contribution is -0.274. The van der Waals surface area contributed by atoms with Crippen LogP contribution in [0, 0.1) is 0 Å². The molecular formula is C15H13ClF3NO3S. The molecule has 4 nitrogen and oxygen atoms in total. The molecule has 0 N–H and O–H groups in total. The predicted octanol–water partition coefficient (Wildman–Crippen LogP) is 4.06. The van der Waals surface area contributed by atoms with E-state index in [1.54, 1.807) is 0 Å². The fourth-order valence-corrected chi connectivity index (χ4v) is 3.25. The van der Waals surface area contributed by atoms with Gasteiger partial charge in [-0.25, -0.2) is 8.42 Å². The minimum atomic E-state index is -4.86. The van der Waals surface area contributed by atoms with Gasteiger partial charge in [0.25, 0.3) is 0 Å². The van der Waals surface area contributed by atoms with Crippen molar-refractivity contribution in [3.05, 3.63) is 59.1 Å². The molecule has 0 heterocycles. The second-order valence-corrected chi connectivity index (χ2v) is 7.35. The molecule has 24 heavy (non-hydrogen) atoms. The van der Waals surface area contributed by atoms with E-state index in [-0.39, 0.29) is 17.0 Å². The Bertz CT molecular complexity index is 807. The lowest BCUT2D eigenvalue weighted by Gasteiger charge is -2.19. The van der Waals surface area contributed by atoms with Crippen molar-refractivity contribution < 1.29 is 26.3 Å². The van der Waals surface area contributed by atoms with E-state index in [2.05, 4.69) is 4.74 Å². The highest BCUT2D eigenvalue weighted by atomic mass is 35.5. The van der Waals surface area contributed by atoms with Gasteiger partial charge in [-0.05, 0) is 30.3 Å². The number of alkyl halides is 3. The Morgan fingerprint density at radius 1 is 1.08 bits per heavy atom. The number of rotatable bonds is 5. The molecule has 0 saturated carbocycles. The van der Waals surface area contributed by atoms with Crippen LogP contribution in [0.3, 0.4) is 0 Å². The van der Waals surface area contributed by atoms with Gasteiger partial charge < -0.3 is 4.74 Å². The average Bonchev–Trinajstić information content (AvgIpc) is 2.48. The summed E-state index contributed by atoms with van der Waals surface area (Å²) < 4.78 is 67.1. The second-order valence-electron chi connectivity index (χ2n) is 4.87.